The van der Waals surface area contributed by atoms with E-state index in [0.29, 0.717) is 13.2 Å². The molecule has 1 fully saturated rings. The molecule has 1 aromatic rings. The van der Waals surface area contributed by atoms with E-state index in [2.05, 4.69) is 29.3 Å². The Hall–Kier alpha value is -0.420. The smallest absolute Gasteiger partial charge is 0.0950 e. The monoisotopic (exact) mass is 227 g/mol. The first-order chi connectivity index (χ1) is 7.31. The molecule has 15 heavy (non-hydrogen) atoms. The van der Waals surface area contributed by atoms with Crippen LogP contribution in [0, 0.1) is 0 Å². The number of hydrogen-bond acceptors (Lipinski definition) is 4. The van der Waals surface area contributed by atoms with E-state index in [4.69, 9.17) is 4.74 Å². The number of aliphatic hydroxyl groups excluding tert-OH is 1. The first-order valence-electron chi connectivity index (χ1n) is 5.33. The molecule has 1 saturated heterocycles. The molecule has 0 bridgehead atoms. The molecule has 0 unspecified atom stereocenters. The van der Waals surface area contributed by atoms with Crippen LogP contribution < -0.4 is 0 Å². The zero-order chi connectivity index (χ0) is 10.7. The average Bonchev–Trinajstić information content (AvgIpc) is 2.85. The summed E-state index contributed by atoms with van der Waals surface area (Å²) in [5.74, 6) is 0. The SMILES string of the molecule is CCN(Cc1cccs1)[C@@H]1COC[C@H]1O. The summed E-state index contributed by atoms with van der Waals surface area (Å²) in [4.78, 5) is 3.62. The minimum Gasteiger partial charge on any atom is -0.389 e. The topological polar surface area (TPSA) is 32.7 Å². The van der Waals surface area contributed by atoms with Gasteiger partial charge in [-0.15, -0.1) is 11.3 Å². The zero-order valence-electron chi connectivity index (χ0n) is 8.93. The summed E-state index contributed by atoms with van der Waals surface area (Å²) in [5, 5.41) is 11.8. The van der Waals surface area contributed by atoms with Gasteiger partial charge in [0.15, 0.2) is 0 Å². The van der Waals surface area contributed by atoms with E-state index < -0.39 is 0 Å². The van der Waals surface area contributed by atoms with E-state index in [0.717, 1.165) is 13.1 Å². The predicted octanol–water partition coefficient (Wildman–Crippen LogP) is 1.33. The fourth-order valence-corrected chi connectivity index (χ4v) is 2.68. The van der Waals surface area contributed by atoms with Crippen LogP contribution in [0.15, 0.2) is 17.5 Å². The Bertz CT molecular complexity index is 289. The first kappa shape index (κ1) is 11.1. The second kappa shape index (κ2) is 5.07. The van der Waals surface area contributed by atoms with Crippen molar-refractivity contribution >= 4 is 11.3 Å². The molecule has 0 aliphatic carbocycles. The molecule has 1 aliphatic heterocycles. The Morgan fingerprint density at radius 2 is 2.47 bits per heavy atom. The lowest BCUT2D eigenvalue weighted by atomic mass is 10.2. The molecule has 2 rings (SSSR count). The van der Waals surface area contributed by atoms with Gasteiger partial charge in [-0.1, -0.05) is 13.0 Å². The number of ether oxygens (including phenoxy) is 1. The third kappa shape index (κ3) is 2.58. The van der Waals surface area contributed by atoms with E-state index in [9.17, 15) is 5.11 Å². The van der Waals surface area contributed by atoms with Gasteiger partial charge < -0.3 is 9.84 Å². The van der Waals surface area contributed by atoms with E-state index >= 15 is 0 Å². The fraction of sp³-hybridized carbons (Fsp3) is 0.636. The number of thiophene rings is 1. The third-order valence-electron chi connectivity index (χ3n) is 2.84. The van der Waals surface area contributed by atoms with Crippen LogP contribution >= 0.6 is 11.3 Å². The average molecular weight is 227 g/mol. The summed E-state index contributed by atoms with van der Waals surface area (Å²) >= 11 is 1.76. The maximum atomic E-state index is 9.76. The molecular weight excluding hydrogens is 210 g/mol. The molecular formula is C11H17NO2S. The minimum absolute atomic E-state index is 0.164. The fourth-order valence-electron chi connectivity index (χ4n) is 1.95. The Balaban J connectivity index is 1.97. The molecule has 3 nitrogen and oxygen atoms in total. The minimum atomic E-state index is -0.329. The van der Waals surface area contributed by atoms with Gasteiger partial charge in [0.25, 0.3) is 0 Å². The van der Waals surface area contributed by atoms with Crippen molar-refractivity contribution in [3.63, 3.8) is 0 Å². The number of hydrogen-bond donors (Lipinski definition) is 1. The maximum absolute atomic E-state index is 9.76. The summed E-state index contributed by atoms with van der Waals surface area (Å²) in [6.07, 6.45) is -0.329. The number of likely N-dealkylation sites (N-methyl/N-ethyl adjacent to an activating group) is 1. The Morgan fingerprint density at radius 3 is 3.00 bits per heavy atom. The Morgan fingerprint density at radius 1 is 1.60 bits per heavy atom. The second-order valence-corrected chi connectivity index (χ2v) is 4.85. The highest BCUT2D eigenvalue weighted by molar-refractivity contribution is 7.09. The van der Waals surface area contributed by atoms with Crippen molar-refractivity contribution in [3.8, 4) is 0 Å². The zero-order valence-corrected chi connectivity index (χ0v) is 9.74. The molecule has 0 amide bonds. The second-order valence-electron chi connectivity index (χ2n) is 3.81. The highest BCUT2D eigenvalue weighted by atomic mass is 32.1. The van der Waals surface area contributed by atoms with Crippen molar-refractivity contribution in [2.45, 2.75) is 25.6 Å². The van der Waals surface area contributed by atoms with Gasteiger partial charge in [-0.2, -0.15) is 0 Å². The van der Waals surface area contributed by atoms with Gasteiger partial charge in [-0.05, 0) is 18.0 Å². The van der Waals surface area contributed by atoms with Crippen molar-refractivity contribution in [1.82, 2.24) is 4.90 Å². The van der Waals surface area contributed by atoms with Crippen molar-refractivity contribution in [2.24, 2.45) is 0 Å². The van der Waals surface area contributed by atoms with Crippen molar-refractivity contribution in [3.05, 3.63) is 22.4 Å². The van der Waals surface area contributed by atoms with Gasteiger partial charge in [0.1, 0.15) is 0 Å². The van der Waals surface area contributed by atoms with E-state index in [1.54, 1.807) is 11.3 Å². The molecule has 0 saturated carbocycles. The Labute approximate surface area is 94.3 Å². The molecule has 2 atom stereocenters. The van der Waals surface area contributed by atoms with Crippen LogP contribution in [-0.2, 0) is 11.3 Å². The molecule has 1 aromatic heterocycles. The van der Waals surface area contributed by atoms with Crippen LogP contribution in [0.25, 0.3) is 0 Å². The van der Waals surface area contributed by atoms with Crippen molar-refractivity contribution in [1.29, 1.82) is 0 Å². The molecule has 0 spiro atoms. The van der Waals surface area contributed by atoms with Crippen LogP contribution in [0.2, 0.25) is 0 Å². The van der Waals surface area contributed by atoms with Crippen molar-refractivity contribution < 1.29 is 9.84 Å². The van der Waals surface area contributed by atoms with Gasteiger partial charge in [0, 0.05) is 11.4 Å². The molecule has 2 heterocycles. The third-order valence-corrected chi connectivity index (χ3v) is 3.70. The summed E-state index contributed by atoms with van der Waals surface area (Å²) in [6.45, 7) is 5.12. The van der Waals surface area contributed by atoms with Gasteiger partial charge in [-0.25, -0.2) is 0 Å². The summed E-state index contributed by atoms with van der Waals surface area (Å²) in [6, 6.07) is 4.36. The summed E-state index contributed by atoms with van der Waals surface area (Å²) in [7, 11) is 0. The largest absolute Gasteiger partial charge is 0.389 e. The lowest BCUT2D eigenvalue weighted by molar-refractivity contribution is 0.0814. The molecule has 0 radical (unpaired) electrons. The normalized spacial score (nSPS) is 26.3. The van der Waals surface area contributed by atoms with Crippen LogP contribution in [0.5, 0.6) is 0 Å². The van der Waals surface area contributed by atoms with E-state index in [-0.39, 0.29) is 12.1 Å². The molecule has 1 N–H and O–H groups in total. The highest BCUT2D eigenvalue weighted by Gasteiger charge is 2.30. The van der Waals surface area contributed by atoms with E-state index in [1.807, 2.05) is 0 Å². The number of rotatable bonds is 4. The van der Waals surface area contributed by atoms with Gasteiger partial charge in [-0.3, -0.25) is 4.90 Å². The highest BCUT2D eigenvalue weighted by Crippen LogP contribution is 2.18. The quantitative estimate of drug-likeness (QED) is 0.842. The summed E-state index contributed by atoms with van der Waals surface area (Å²) in [5.41, 5.74) is 0. The predicted molar refractivity (Wildman–Crippen MR) is 61.0 cm³/mol. The molecule has 1 aliphatic rings. The summed E-state index contributed by atoms with van der Waals surface area (Å²) < 4.78 is 5.28. The van der Waals surface area contributed by atoms with Gasteiger partial charge in [0.05, 0.1) is 25.4 Å². The first-order valence-corrected chi connectivity index (χ1v) is 6.21. The van der Waals surface area contributed by atoms with Crippen molar-refractivity contribution in [2.75, 3.05) is 19.8 Å². The van der Waals surface area contributed by atoms with Crippen LogP contribution in [0.1, 0.15) is 11.8 Å². The lowest BCUT2D eigenvalue weighted by Crippen LogP contribution is -2.42. The maximum Gasteiger partial charge on any atom is 0.0950 e. The molecule has 84 valence electrons. The van der Waals surface area contributed by atoms with Gasteiger partial charge >= 0.3 is 0 Å². The Kier molecular flexibility index (Phi) is 3.75. The molecule has 0 aromatic carbocycles. The van der Waals surface area contributed by atoms with E-state index in [1.165, 1.54) is 4.88 Å². The number of nitrogens with zero attached hydrogens (tertiary/aromatic N) is 1. The van der Waals surface area contributed by atoms with Crippen LogP contribution in [0.4, 0.5) is 0 Å². The number of aliphatic hydroxyl groups is 1. The molecule has 4 heteroatoms. The van der Waals surface area contributed by atoms with Crippen LogP contribution in [-0.4, -0.2) is 41.9 Å². The standard InChI is InChI=1S/C11H17NO2S/c1-2-12(6-9-4-3-5-15-9)10-7-14-8-11(10)13/h3-5,10-11,13H,2,6-8H2,1H3/t10-,11-/m1/s1. The lowest BCUT2D eigenvalue weighted by Gasteiger charge is -2.27. The van der Waals surface area contributed by atoms with Gasteiger partial charge in [0.2, 0.25) is 0 Å². The van der Waals surface area contributed by atoms with Crippen LogP contribution in [0.3, 0.4) is 0 Å².